The van der Waals surface area contributed by atoms with Crippen molar-refractivity contribution in [3.8, 4) is 41.2 Å². The van der Waals surface area contributed by atoms with Gasteiger partial charge in [0.25, 0.3) is 0 Å². The van der Waals surface area contributed by atoms with Crippen molar-refractivity contribution in [1.29, 1.82) is 0 Å². The molecule has 4 aliphatic rings. The summed E-state index contributed by atoms with van der Waals surface area (Å²) >= 11 is 0. The average Bonchev–Trinajstić information content (AvgIpc) is 3.49. The van der Waals surface area contributed by atoms with Crippen LogP contribution in [-0.4, -0.2) is 88.6 Å². The van der Waals surface area contributed by atoms with E-state index in [1.54, 1.807) is 12.1 Å². The van der Waals surface area contributed by atoms with E-state index >= 15 is 0 Å². The third-order valence-electron chi connectivity index (χ3n) is 9.64. The second kappa shape index (κ2) is 9.93. The smallest absolute Gasteiger partial charge is 0.319 e. The zero-order chi connectivity index (χ0) is 29.3. The molecule has 0 bridgehead atoms. The van der Waals surface area contributed by atoms with Crippen LogP contribution in [0.4, 0.5) is 10.2 Å². The molecule has 6 heterocycles. The molecule has 0 saturated carbocycles. The van der Waals surface area contributed by atoms with Crippen LogP contribution in [0.5, 0.6) is 17.6 Å². The summed E-state index contributed by atoms with van der Waals surface area (Å²) < 4.78 is 27.3. The van der Waals surface area contributed by atoms with Crippen LogP contribution >= 0.6 is 0 Å². The van der Waals surface area contributed by atoms with Crippen molar-refractivity contribution in [2.45, 2.75) is 43.9 Å². The van der Waals surface area contributed by atoms with E-state index in [2.05, 4.69) is 21.0 Å². The molecule has 4 aliphatic heterocycles. The Labute approximate surface area is 249 Å². The molecule has 0 spiro atoms. The maximum atomic E-state index is 14.5. The number of pyridine rings is 1. The van der Waals surface area contributed by atoms with Gasteiger partial charge in [0.1, 0.15) is 36.3 Å². The topological polar surface area (TPSA) is 95.9 Å². The van der Waals surface area contributed by atoms with Gasteiger partial charge in [-0.3, -0.25) is 4.90 Å². The number of halogens is 1. The molecule has 3 fully saturated rings. The molecule has 3 saturated heterocycles. The molecule has 2 aromatic heterocycles. The summed E-state index contributed by atoms with van der Waals surface area (Å²) in [4.78, 5) is 19.5. The lowest BCUT2D eigenvalue weighted by molar-refractivity contribution is 0.107. The van der Waals surface area contributed by atoms with Gasteiger partial charge in [0.2, 0.25) is 5.88 Å². The maximum absolute atomic E-state index is 14.5. The third-order valence-corrected chi connectivity index (χ3v) is 9.64. The lowest BCUT2D eigenvalue weighted by atomic mass is 9.94. The minimum absolute atomic E-state index is 0.0540. The van der Waals surface area contributed by atoms with Gasteiger partial charge in [0.15, 0.2) is 0 Å². The first-order valence-electron chi connectivity index (χ1n) is 15.0. The van der Waals surface area contributed by atoms with Crippen LogP contribution in [0.1, 0.15) is 30.4 Å². The number of aryl methyl sites for hydroxylation is 1. The molecule has 9 nitrogen and oxygen atoms in total. The highest BCUT2D eigenvalue weighted by Gasteiger charge is 2.49. The number of benzene rings is 2. The highest BCUT2D eigenvalue weighted by atomic mass is 19.1. The first-order chi connectivity index (χ1) is 20.9. The molecule has 2 aromatic carbocycles. The van der Waals surface area contributed by atoms with Crippen LogP contribution in [0.25, 0.3) is 32.9 Å². The number of nitrogens with one attached hydrogen (secondary N) is 1. The lowest BCUT2D eigenvalue weighted by Crippen LogP contribution is -2.53. The number of piperazine rings is 1. The van der Waals surface area contributed by atoms with Crippen molar-refractivity contribution >= 4 is 27.5 Å². The fourth-order valence-corrected chi connectivity index (χ4v) is 7.62. The number of fused-ring (bicyclic) bond motifs is 4. The van der Waals surface area contributed by atoms with Gasteiger partial charge in [-0.2, -0.15) is 9.97 Å². The number of alkyl halides is 1. The van der Waals surface area contributed by atoms with Gasteiger partial charge >= 0.3 is 6.01 Å². The Bertz CT molecular complexity index is 1820. The van der Waals surface area contributed by atoms with E-state index in [0.29, 0.717) is 54.4 Å². The molecule has 10 heteroatoms. The Kier molecular flexibility index (Phi) is 6.10. The van der Waals surface area contributed by atoms with E-state index in [9.17, 15) is 9.50 Å². The Morgan fingerprint density at radius 3 is 3.02 bits per heavy atom. The van der Waals surface area contributed by atoms with Crippen LogP contribution in [0, 0.1) is 19.3 Å². The SMILES string of the molecule is C#Cc1cccc2cc(O)cc(-c3nc4c5c(nc(OCC67CCCN6CC(F)C7)nc5c3C)N3CCNCC3CO4)c12. The van der Waals surface area contributed by atoms with Gasteiger partial charge in [-0.1, -0.05) is 18.1 Å². The fraction of sp³-hybridized carbons (Fsp3) is 0.424. The molecule has 220 valence electrons. The van der Waals surface area contributed by atoms with Crippen LogP contribution in [0.3, 0.4) is 0 Å². The van der Waals surface area contributed by atoms with E-state index in [-0.39, 0.29) is 23.3 Å². The number of aromatic nitrogens is 3. The minimum Gasteiger partial charge on any atom is -0.508 e. The van der Waals surface area contributed by atoms with Crippen molar-refractivity contribution in [2.24, 2.45) is 0 Å². The second-order valence-corrected chi connectivity index (χ2v) is 12.2. The Balaban J connectivity index is 1.32. The quantitative estimate of drug-likeness (QED) is 0.348. The molecular formula is C33H33FN6O3. The van der Waals surface area contributed by atoms with Crippen LogP contribution in [0.15, 0.2) is 30.3 Å². The van der Waals surface area contributed by atoms with Crippen molar-refractivity contribution in [1.82, 2.24) is 25.2 Å². The summed E-state index contributed by atoms with van der Waals surface area (Å²) in [6.07, 6.45) is 7.49. The van der Waals surface area contributed by atoms with Crippen LogP contribution < -0.4 is 19.7 Å². The fourth-order valence-electron chi connectivity index (χ4n) is 7.62. The molecular weight excluding hydrogens is 547 g/mol. The van der Waals surface area contributed by atoms with Crippen molar-refractivity contribution in [2.75, 3.05) is 50.8 Å². The average molecular weight is 581 g/mol. The van der Waals surface area contributed by atoms with Gasteiger partial charge in [-0.05, 0) is 49.9 Å². The highest BCUT2D eigenvalue weighted by molar-refractivity contribution is 6.05. The number of aromatic hydroxyl groups is 1. The van der Waals surface area contributed by atoms with E-state index in [0.717, 1.165) is 66.6 Å². The monoisotopic (exact) mass is 580 g/mol. The van der Waals surface area contributed by atoms with E-state index < -0.39 is 6.17 Å². The van der Waals surface area contributed by atoms with Crippen LogP contribution in [0.2, 0.25) is 0 Å². The van der Waals surface area contributed by atoms with Crippen molar-refractivity contribution in [3.63, 3.8) is 0 Å². The summed E-state index contributed by atoms with van der Waals surface area (Å²) in [5.74, 6) is 4.09. The number of phenolic OH excluding ortho intramolecular Hbond substituents is 1. The molecule has 2 N–H and O–H groups in total. The number of phenols is 1. The largest absolute Gasteiger partial charge is 0.508 e. The van der Waals surface area contributed by atoms with Crippen LogP contribution in [-0.2, 0) is 0 Å². The summed E-state index contributed by atoms with van der Waals surface area (Å²) in [5.41, 5.74) is 3.19. The van der Waals surface area contributed by atoms with Gasteiger partial charge in [0, 0.05) is 54.7 Å². The molecule has 43 heavy (non-hydrogen) atoms. The first-order valence-corrected chi connectivity index (χ1v) is 15.0. The number of rotatable bonds is 4. The second-order valence-electron chi connectivity index (χ2n) is 12.2. The number of ether oxygens (including phenoxy) is 2. The summed E-state index contributed by atoms with van der Waals surface area (Å²) in [5, 5.41) is 16.6. The van der Waals surface area contributed by atoms with Crippen molar-refractivity contribution < 1.29 is 19.0 Å². The molecule has 8 rings (SSSR count). The maximum Gasteiger partial charge on any atom is 0.319 e. The zero-order valence-corrected chi connectivity index (χ0v) is 24.1. The molecule has 3 atom stereocenters. The minimum atomic E-state index is -0.840. The lowest BCUT2D eigenvalue weighted by Gasteiger charge is -2.35. The molecule has 0 amide bonds. The van der Waals surface area contributed by atoms with Gasteiger partial charge in [-0.25, -0.2) is 9.37 Å². The number of terminal acetylenes is 1. The Morgan fingerprint density at radius 2 is 2.14 bits per heavy atom. The predicted octanol–water partition coefficient (Wildman–Crippen LogP) is 3.97. The van der Waals surface area contributed by atoms with Gasteiger partial charge in [0.05, 0.1) is 22.8 Å². The molecule has 0 radical (unpaired) electrons. The Hall–Kier alpha value is -4.20. The number of nitrogens with zero attached hydrogens (tertiary/aromatic N) is 5. The van der Waals surface area contributed by atoms with Gasteiger partial charge in [-0.15, -0.1) is 6.42 Å². The zero-order valence-electron chi connectivity index (χ0n) is 24.1. The normalized spacial score (nSPS) is 24.8. The summed E-state index contributed by atoms with van der Waals surface area (Å²) in [6.45, 7) is 6.41. The molecule has 0 aliphatic carbocycles. The van der Waals surface area contributed by atoms with Crippen molar-refractivity contribution in [3.05, 3.63) is 41.5 Å². The van der Waals surface area contributed by atoms with E-state index in [4.69, 9.17) is 30.8 Å². The first kappa shape index (κ1) is 26.4. The number of hydrogen-bond donors (Lipinski definition) is 2. The Morgan fingerprint density at radius 1 is 1.23 bits per heavy atom. The third kappa shape index (κ3) is 4.17. The highest BCUT2D eigenvalue weighted by Crippen LogP contribution is 2.44. The number of hydrogen-bond acceptors (Lipinski definition) is 9. The molecule has 3 unspecified atom stereocenters. The summed E-state index contributed by atoms with van der Waals surface area (Å²) in [7, 11) is 0. The van der Waals surface area contributed by atoms with Gasteiger partial charge < -0.3 is 24.8 Å². The summed E-state index contributed by atoms with van der Waals surface area (Å²) in [6, 6.07) is 9.41. The standard InChI is InChI=1S/C33H33FN6O3/c1-3-20-6-4-7-21-12-24(41)13-25(26(20)21)28-19(2)29-27-30(40-11-9-35-15-23(40)17-42-31(27)36-28)38-32(37-29)43-18-33-8-5-10-39(33)16-22(34)14-33/h1,4,6-7,12-13,22-23,35,41H,5,8-11,14-18H2,2H3. The van der Waals surface area contributed by atoms with E-state index in [1.165, 1.54) is 0 Å². The molecule has 4 aromatic rings. The number of anilines is 1. The predicted molar refractivity (Wildman–Crippen MR) is 163 cm³/mol. The van der Waals surface area contributed by atoms with E-state index in [1.807, 2.05) is 25.1 Å².